The minimum Gasteiger partial charge on any atom is -0.361 e. The third-order valence-electron chi connectivity index (χ3n) is 2.93. The Morgan fingerprint density at radius 1 is 1.46 bits per heavy atom. The lowest BCUT2D eigenvalue weighted by Crippen LogP contribution is -2.26. The van der Waals surface area contributed by atoms with Crippen LogP contribution < -0.4 is 5.32 Å². The molecular weight excluding hydrogens is 180 g/mol. The number of hydrogen-bond donors (Lipinski definition) is 1. The molecule has 3 heteroatoms. The van der Waals surface area contributed by atoms with Gasteiger partial charge in [-0.25, -0.2) is 0 Å². The number of nitrogens with one attached hydrogen (secondary N) is 1. The van der Waals surface area contributed by atoms with Crippen molar-refractivity contribution in [2.24, 2.45) is 10.9 Å². The SMILES string of the molecule is CCC1CSC(=NC2CC2CC)N1. The number of hydrogen-bond acceptors (Lipinski definition) is 2. The maximum absolute atomic E-state index is 4.71. The molecule has 13 heavy (non-hydrogen) atoms. The van der Waals surface area contributed by atoms with E-state index >= 15 is 0 Å². The first-order valence-corrected chi connectivity index (χ1v) is 6.29. The summed E-state index contributed by atoms with van der Waals surface area (Å²) in [7, 11) is 0. The van der Waals surface area contributed by atoms with E-state index in [-0.39, 0.29) is 0 Å². The molecule has 2 rings (SSSR count). The molecule has 0 amide bonds. The zero-order chi connectivity index (χ0) is 9.26. The molecule has 2 aliphatic rings. The monoisotopic (exact) mass is 198 g/mol. The summed E-state index contributed by atoms with van der Waals surface area (Å²) in [6.07, 6.45) is 3.83. The van der Waals surface area contributed by atoms with E-state index in [1.165, 1.54) is 30.2 Å². The molecule has 2 nitrogen and oxygen atoms in total. The molecule has 3 atom stereocenters. The number of amidine groups is 1. The minimum absolute atomic E-state index is 0.649. The number of nitrogens with zero attached hydrogens (tertiary/aromatic N) is 1. The number of thioether (sulfide) groups is 1. The maximum atomic E-state index is 4.71. The fourth-order valence-electron chi connectivity index (χ4n) is 1.71. The highest BCUT2D eigenvalue weighted by Crippen LogP contribution is 2.37. The Hall–Kier alpha value is -0.180. The Kier molecular flexibility index (Phi) is 2.82. The molecule has 1 N–H and O–H groups in total. The van der Waals surface area contributed by atoms with Crippen LogP contribution in [-0.4, -0.2) is 23.0 Å². The highest BCUT2D eigenvalue weighted by atomic mass is 32.2. The van der Waals surface area contributed by atoms with Gasteiger partial charge >= 0.3 is 0 Å². The van der Waals surface area contributed by atoms with Gasteiger partial charge in [-0.3, -0.25) is 4.99 Å². The molecule has 0 bridgehead atoms. The van der Waals surface area contributed by atoms with Crippen LogP contribution in [0.3, 0.4) is 0 Å². The maximum Gasteiger partial charge on any atom is 0.157 e. The third-order valence-corrected chi connectivity index (χ3v) is 4.00. The first kappa shape index (κ1) is 9.38. The van der Waals surface area contributed by atoms with E-state index in [2.05, 4.69) is 19.2 Å². The molecule has 3 unspecified atom stereocenters. The third kappa shape index (κ3) is 2.19. The standard InChI is InChI=1S/C10H18N2S/c1-3-7-5-9(7)12-10-11-8(4-2)6-13-10/h7-9H,3-6H2,1-2H3,(H,11,12). The van der Waals surface area contributed by atoms with Gasteiger partial charge in [-0.15, -0.1) is 0 Å². The summed E-state index contributed by atoms with van der Waals surface area (Å²) < 4.78 is 0. The van der Waals surface area contributed by atoms with Crippen LogP contribution in [0, 0.1) is 5.92 Å². The molecule has 0 aromatic heterocycles. The average Bonchev–Trinajstić information content (AvgIpc) is 2.73. The summed E-state index contributed by atoms with van der Waals surface area (Å²) in [5.41, 5.74) is 0. The summed E-state index contributed by atoms with van der Waals surface area (Å²) in [4.78, 5) is 4.71. The Labute approximate surface area is 84.6 Å². The second-order valence-corrected chi connectivity index (χ2v) is 4.97. The van der Waals surface area contributed by atoms with E-state index in [0.717, 1.165) is 5.92 Å². The van der Waals surface area contributed by atoms with Crippen molar-refractivity contribution in [3.05, 3.63) is 0 Å². The predicted molar refractivity (Wildman–Crippen MR) is 59.3 cm³/mol. The molecular formula is C10H18N2S. The summed E-state index contributed by atoms with van der Waals surface area (Å²) >= 11 is 1.89. The van der Waals surface area contributed by atoms with E-state index in [1.54, 1.807) is 0 Å². The number of aliphatic imine (C=N–C) groups is 1. The summed E-state index contributed by atoms with van der Waals surface area (Å²) in [6.45, 7) is 4.49. The predicted octanol–water partition coefficient (Wildman–Crippen LogP) is 2.26. The molecule has 0 aromatic carbocycles. The Morgan fingerprint density at radius 2 is 2.31 bits per heavy atom. The van der Waals surface area contributed by atoms with Gasteiger partial charge in [0.25, 0.3) is 0 Å². The Balaban J connectivity index is 1.82. The van der Waals surface area contributed by atoms with Crippen LogP contribution in [0.2, 0.25) is 0 Å². The van der Waals surface area contributed by atoms with E-state index in [4.69, 9.17) is 4.99 Å². The van der Waals surface area contributed by atoms with Crippen LogP contribution in [-0.2, 0) is 0 Å². The summed E-state index contributed by atoms with van der Waals surface area (Å²) in [5, 5.41) is 4.67. The molecule has 1 saturated heterocycles. The molecule has 2 fully saturated rings. The van der Waals surface area contributed by atoms with Gasteiger partial charge in [0.05, 0.1) is 6.04 Å². The molecule has 0 radical (unpaired) electrons. The fraction of sp³-hybridized carbons (Fsp3) is 0.900. The van der Waals surface area contributed by atoms with Crippen LogP contribution in [0.25, 0.3) is 0 Å². The first-order valence-electron chi connectivity index (χ1n) is 5.30. The van der Waals surface area contributed by atoms with Gasteiger partial charge < -0.3 is 5.32 Å². The smallest absolute Gasteiger partial charge is 0.157 e. The van der Waals surface area contributed by atoms with E-state index < -0.39 is 0 Å². The molecule has 1 heterocycles. The number of rotatable bonds is 3. The van der Waals surface area contributed by atoms with Crippen molar-refractivity contribution in [1.82, 2.24) is 5.32 Å². The van der Waals surface area contributed by atoms with Crippen molar-refractivity contribution in [2.45, 2.75) is 45.2 Å². The molecule has 0 spiro atoms. The summed E-state index contributed by atoms with van der Waals surface area (Å²) in [6, 6.07) is 1.32. The Morgan fingerprint density at radius 3 is 2.85 bits per heavy atom. The van der Waals surface area contributed by atoms with Crippen molar-refractivity contribution in [1.29, 1.82) is 0 Å². The van der Waals surface area contributed by atoms with Crippen molar-refractivity contribution >= 4 is 16.9 Å². The summed E-state index contributed by atoms with van der Waals surface area (Å²) in [5.74, 6) is 2.09. The lowest BCUT2D eigenvalue weighted by Gasteiger charge is -2.04. The first-order chi connectivity index (χ1) is 6.33. The molecule has 1 saturated carbocycles. The van der Waals surface area contributed by atoms with Gasteiger partial charge in [0.1, 0.15) is 0 Å². The van der Waals surface area contributed by atoms with Gasteiger partial charge in [0.15, 0.2) is 5.17 Å². The highest BCUT2D eigenvalue weighted by Gasteiger charge is 2.36. The fourth-order valence-corrected chi connectivity index (χ4v) is 2.85. The van der Waals surface area contributed by atoms with Crippen LogP contribution >= 0.6 is 11.8 Å². The van der Waals surface area contributed by atoms with Crippen LogP contribution in [0.1, 0.15) is 33.1 Å². The average molecular weight is 198 g/mol. The zero-order valence-electron chi connectivity index (χ0n) is 8.42. The van der Waals surface area contributed by atoms with Gasteiger partial charge in [0.2, 0.25) is 0 Å². The molecule has 1 aliphatic carbocycles. The van der Waals surface area contributed by atoms with Crippen LogP contribution in [0.15, 0.2) is 4.99 Å². The van der Waals surface area contributed by atoms with Gasteiger partial charge in [0, 0.05) is 11.8 Å². The lowest BCUT2D eigenvalue weighted by molar-refractivity contribution is 0.665. The van der Waals surface area contributed by atoms with Crippen molar-refractivity contribution < 1.29 is 0 Å². The van der Waals surface area contributed by atoms with Gasteiger partial charge in [-0.05, 0) is 18.8 Å². The zero-order valence-corrected chi connectivity index (χ0v) is 9.23. The largest absolute Gasteiger partial charge is 0.361 e. The highest BCUT2D eigenvalue weighted by molar-refractivity contribution is 8.14. The quantitative estimate of drug-likeness (QED) is 0.752. The molecule has 0 aromatic rings. The molecule has 74 valence electrons. The second kappa shape index (κ2) is 3.91. The van der Waals surface area contributed by atoms with E-state index in [1.807, 2.05) is 11.8 Å². The van der Waals surface area contributed by atoms with E-state index in [0.29, 0.717) is 12.1 Å². The minimum atomic E-state index is 0.649. The van der Waals surface area contributed by atoms with Crippen LogP contribution in [0.4, 0.5) is 0 Å². The normalized spacial score (nSPS) is 40.8. The van der Waals surface area contributed by atoms with Crippen molar-refractivity contribution in [3.63, 3.8) is 0 Å². The van der Waals surface area contributed by atoms with Gasteiger partial charge in [-0.2, -0.15) is 0 Å². The molecule has 1 aliphatic heterocycles. The van der Waals surface area contributed by atoms with E-state index in [9.17, 15) is 0 Å². The van der Waals surface area contributed by atoms with Crippen molar-refractivity contribution in [2.75, 3.05) is 5.75 Å². The topological polar surface area (TPSA) is 24.4 Å². The van der Waals surface area contributed by atoms with Gasteiger partial charge in [-0.1, -0.05) is 32.0 Å². The van der Waals surface area contributed by atoms with Crippen molar-refractivity contribution in [3.8, 4) is 0 Å². The lowest BCUT2D eigenvalue weighted by atomic mass is 10.3. The second-order valence-electron chi connectivity index (χ2n) is 3.97. The Bertz CT molecular complexity index is 215. The van der Waals surface area contributed by atoms with Crippen LogP contribution in [0.5, 0.6) is 0 Å².